The molecule has 0 N–H and O–H groups in total. The molecule has 0 saturated heterocycles. The molecular weight excluding hydrogens is 242 g/mol. The third kappa shape index (κ3) is 2.89. The van der Waals surface area contributed by atoms with Gasteiger partial charge in [0.2, 0.25) is 0 Å². The van der Waals surface area contributed by atoms with E-state index in [0.717, 1.165) is 18.7 Å². The highest BCUT2D eigenvalue weighted by molar-refractivity contribution is 5.80. The van der Waals surface area contributed by atoms with E-state index in [2.05, 4.69) is 6.07 Å². The Bertz CT molecular complexity index is 459. The van der Waals surface area contributed by atoms with E-state index in [1.165, 1.54) is 11.1 Å². The molecule has 1 atom stereocenters. The summed E-state index contributed by atoms with van der Waals surface area (Å²) in [4.78, 5) is 14.1. The summed E-state index contributed by atoms with van der Waals surface area (Å²) < 4.78 is 10.7. The van der Waals surface area contributed by atoms with Gasteiger partial charge in [0, 0.05) is 25.3 Å². The Morgan fingerprint density at radius 1 is 1.47 bits per heavy atom. The Kier molecular flexibility index (Phi) is 4.43. The van der Waals surface area contributed by atoms with Gasteiger partial charge in [0.15, 0.2) is 0 Å². The average Bonchev–Trinajstić information content (AvgIpc) is 2.45. The molecule has 0 spiro atoms. The highest BCUT2D eigenvalue weighted by atomic mass is 16.5. The number of carbonyl (C=O) groups excluding carboxylic acids is 1. The molecule has 0 radical (unpaired) electrons. The summed E-state index contributed by atoms with van der Waals surface area (Å²) in [6.07, 6.45) is 0.473. The van der Waals surface area contributed by atoms with Crippen LogP contribution in [-0.4, -0.2) is 37.2 Å². The predicted octanol–water partition coefficient (Wildman–Crippen LogP) is 2.00. The monoisotopic (exact) mass is 263 g/mol. The average molecular weight is 263 g/mol. The van der Waals surface area contributed by atoms with Gasteiger partial charge < -0.3 is 14.4 Å². The fourth-order valence-corrected chi connectivity index (χ4v) is 2.53. The van der Waals surface area contributed by atoms with Crippen molar-refractivity contribution in [1.29, 1.82) is 0 Å². The maximum Gasteiger partial charge on any atom is 0.251 e. The minimum Gasteiger partial charge on any atom is -0.496 e. The van der Waals surface area contributed by atoms with E-state index in [1.807, 2.05) is 30.9 Å². The maximum atomic E-state index is 12.2. The second kappa shape index (κ2) is 6.06. The van der Waals surface area contributed by atoms with Gasteiger partial charge in [-0.15, -0.1) is 0 Å². The number of nitrogens with zero attached hydrogens (tertiary/aromatic N) is 1. The Labute approximate surface area is 114 Å². The molecule has 4 nitrogen and oxygen atoms in total. The summed E-state index contributed by atoms with van der Waals surface area (Å²) in [5, 5.41) is 0. The van der Waals surface area contributed by atoms with Gasteiger partial charge in [-0.25, -0.2) is 0 Å². The molecule has 1 aliphatic heterocycles. The third-order valence-corrected chi connectivity index (χ3v) is 3.52. The summed E-state index contributed by atoms with van der Waals surface area (Å²) >= 11 is 0. The van der Waals surface area contributed by atoms with Crippen molar-refractivity contribution in [3.63, 3.8) is 0 Å². The SMILES string of the molecule is CCOC(C)C(=O)N1CCc2c(cccc2OC)C1. The molecule has 1 aromatic rings. The molecule has 104 valence electrons. The molecule has 1 aromatic carbocycles. The lowest BCUT2D eigenvalue weighted by molar-refractivity contribution is -0.143. The minimum atomic E-state index is -0.364. The van der Waals surface area contributed by atoms with E-state index in [-0.39, 0.29) is 12.0 Å². The lowest BCUT2D eigenvalue weighted by Gasteiger charge is -2.31. The quantitative estimate of drug-likeness (QED) is 0.834. The number of hydrogen-bond donors (Lipinski definition) is 0. The molecular formula is C15H21NO3. The van der Waals surface area contributed by atoms with Crippen LogP contribution >= 0.6 is 0 Å². The van der Waals surface area contributed by atoms with Gasteiger partial charge in [0.05, 0.1) is 7.11 Å². The van der Waals surface area contributed by atoms with Crippen LogP contribution in [0.5, 0.6) is 5.75 Å². The fraction of sp³-hybridized carbons (Fsp3) is 0.533. The predicted molar refractivity (Wildman–Crippen MR) is 73.2 cm³/mol. The molecule has 2 rings (SSSR count). The van der Waals surface area contributed by atoms with Gasteiger partial charge in [-0.3, -0.25) is 4.79 Å². The second-order valence-corrected chi connectivity index (χ2v) is 4.71. The van der Waals surface area contributed by atoms with Gasteiger partial charge in [0.1, 0.15) is 11.9 Å². The first-order chi connectivity index (χ1) is 9.17. The highest BCUT2D eigenvalue weighted by Crippen LogP contribution is 2.28. The van der Waals surface area contributed by atoms with Crippen LogP contribution in [-0.2, 0) is 22.5 Å². The van der Waals surface area contributed by atoms with E-state index in [9.17, 15) is 4.79 Å². The molecule has 19 heavy (non-hydrogen) atoms. The Morgan fingerprint density at radius 2 is 2.26 bits per heavy atom. The summed E-state index contributed by atoms with van der Waals surface area (Å²) in [7, 11) is 1.68. The van der Waals surface area contributed by atoms with Gasteiger partial charge in [-0.1, -0.05) is 12.1 Å². The molecule has 1 amide bonds. The number of ether oxygens (including phenoxy) is 2. The smallest absolute Gasteiger partial charge is 0.251 e. The molecule has 4 heteroatoms. The lowest BCUT2D eigenvalue weighted by atomic mass is 9.98. The van der Waals surface area contributed by atoms with Crippen LogP contribution in [0, 0.1) is 0 Å². The summed E-state index contributed by atoms with van der Waals surface area (Å²) in [5.74, 6) is 0.984. The standard InChI is InChI=1S/C15H21NO3/c1-4-19-11(2)15(17)16-9-8-13-12(10-16)6-5-7-14(13)18-3/h5-7,11H,4,8-10H2,1-3H3. The van der Waals surface area contributed by atoms with Crippen LogP contribution < -0.4 is 4.74 Å². The van der Waals surface area contributed by atoms with E-state index in [1.54, 1.807) is 7.11 Å². The van der Waals surface area contributed by atoms with Gasteiger partial charge >= 0.3 is 0 Å². The number of benzene rings is 1. The van der Waals surface area contributed by atoms with Crippen molar-refractivity contribution in [2.45, 2.75) is 32.9 Å². The molecule has 0 saturated carbocycles. The van der Waals surface area contributed by atoms with Gasteiger partial charge in [0.25, 0.3) is 5.91 Å². The molecule has 0 aliphatic carbocycles. The first kappa shape index (κ1) is 13.9. The Morgan fingerprint density at radius 3 is 2.95 bits per heavy atom. The van der Waals surface area contributed by atoms with Crippen molar-refractivity contribution in [3.05, 3.63) is 29.3 Å². The zero-order chi connectivity index (χ0) is 13.8. The fourth-order valence-electron chi connectivity index (χ4n) is 2.53. The number of carbonyl (C=O) groups is 1. The van der Waals surface area contributed by atoms with Crippen molar-refractivity contribution in [2.75, 3.05) is 20.3 Å². The van der Waals surface area contributed by atoms with Crippen LogP contribution in [0.15, 0.2) is 18.2 Å². The first-order valence-corrected chi connectivity index (χ1v) is 6.72. The molecule has 0 aromatic heterocycles. The van der Waals surface area contributed by atoms with Crippen LogP contribution in [0.1, 0.15) is 25.0 Å². The minimum absolute atomic E-state index is 0.0651. The van der Waals surface area contributed by atoms with E-state index >= 15 is 0 Å². The van der Waals surface area contributed by atoms with Gasteiger partial charge in [-0.2, -0.15) is 0 Å². The molecule has 0 fully saturated rings. The lowest BCUT2D eigenvalue weighted by Crippen LogP contribution is -2.42. The molecule has 1 unspecified atom stereocenters. The van der Waals surface area contributed by atoms with Crippen LogP contribution in [0.2, 0.25) is 0 Å². The Hall–Kier alpha value is -1.55. The van der Waals surface area contributed by atoms with E-state index in [4.69, 9.17) is 9.47 Å². The van der Waals surface area contributed by atoms with Crippen LogP contribution in [0.4, 0.5) is 0 Å². The van der Waals surface area contributed by atoms with Crippen molar-refractivity contribution >= 4 is 5.91 Å². The van der Waals surface area contributed by atoms with Crippen molar-refractivity contribution < 1.29 is 14.3 Å². The summed E-state index contributed by atoms with van der Waals surface area (Å²) in [6.45, 7) is 5.64. The zero-order valence-corrected chi connectivity index (χ0v) is 11.8. The van der Waals surface area contributed by atoms with Crippen molar-refractivity contribution in [1.82, 2.24) is 4.90 Å². The summed E-state index contributed by atoms with van der Waals surface area (Å²) in [5.41, 5.74) is 2.39. The topological polar surface area (TPSA) is 38.8 Å². The van der Waals surface area contributed by atoms with Crippen LogP contribution in [0.3, 0.4) is 0 Å². The zero-order valence-electron chi connectivity index (χ0n) is 11.8. The van der Waals surface area contributed by atoms with Crippen molar-refractivity contribution in [3.8, 4) is 5.75 Å². The number of rotatable bonds is 4. The van der Waals surface area contributed by atoms with Gasteiger partial charge in [-0.05, 0) is 31.9 Å². The van der Waals surface area contributed by atoms with Crippen molar-refractivity contribution in [2.24, 2.45) is 0 Å². The van der Waals surface area contributed by atoms with E-state index < -0.39 is 0 Å². The molecule has 0 bridgehead atoms. The Balaban J connectivity index is 2.12. The summed E-state index contributed by atoms with van der Waals surface area (Å²) in [6, 6.07) is 6.00. The third-order valence-electron chi connectivity index (χ3n) is 3.52. The molecule has 1 heterocycles. The van der Waals surface area contributed by atoms with Crippen LogP contribution in [0.25, 0.3) is 0 Å². The number of amides is 1. The second-order valence-electron chi connectivity index (χ2n) is 4.71. The number of methoxy groups -OCH3 is 1. The largest absolute Gasteiger partial charge is 0.496 e. The maximum absolute atomic E-state index is 12.2. The van der Waals surface area contributed by atoms with E-state index in [0.29, 0.717) is 13.2 Å². The number of fused-ring (bicyclic) bond motifs is 1. The first-order valence-electron chi connectivity index (χ1n) is 6.72. The normalized spacial score (nSPS) is 15.8. The highest BCUT2D eigenvalue weighted by Gasteiger charge is 2.26. The number of hydrogen-bond acceptors (Lipinski definition) is 3. The molecule has 1 aliphatic rings.